The van der Waals surface area contributed by atoms with Gasteiger partial charge >= 0.3 is 11.9 Å². The Hall–Kier alpha value is -3.29. The molecule has 0 fully saturated rings. The van der Waals surface area contributed by atoms with Crippen LogP contribution in [0.2, 0.25) is 0 Å². The Morgan fingerprint density at radius 3 is 2.16 bits per heavy atom. The van der Waals surface area contributed by atoms with Gasteiger partial charge in [0.25, 0.3) is 0 Å². The first kappa shape index (κ1) is 25.0. The molecule has 3 aromatic rings. The molecule has 0 saturated carbocycles. The molecular formula is C31H30O6S. The monoisotopic (exact) mass is 530 g/mol. The second-order valence-electron chi connectivity index (χ2n) is 10.4. The van der Waals surface area contributed by atoms with Gasteiger partial charge in [-0.2, -0.15) is 0 Å². The Morgan fingerprint density at radius 2 is 1.50 bits per heavy atom. The molecule has 0 heterocycles. The summed E-state index contributed by atoms with van der Waals surface area (Å²) in [6.45, 7) is 0.158. The molecule has 4 aliphatic carbocycles. The zero-order chi connectivity index (χ0) is 26.2. The lowest BCUT2D eigenvalue weighted by Gasteiger charge is -2.44. The number of fused-ring (bicyclic) bond motifs is 2. The average Bonchev–Trinajstić information content (AvgIpc) is 2.95. The predicted octanol–water partition coefficient (Wildman–Crippen LogP) is 5.67. The number of benzene rings is 3. The lowest BCUT2D eigenvalue weighted by molar-refractivity contribution is -0.150. The molecule has 196 valence electrons. The van der Waals surface area contributed by atoms with Crippen molar-refractivity contribution in [2.75, 3.05) is 6.61 Å². The van der Waals surface area contributed by atoms with Crippen LogP contribution in [-0.2, 0) is 38.2 Å². The summed E-state index contributed by atoms with van der Waals surface area (Å²) in [5, 5.41) is 0. The largest absolute Gasteiger partial charge is 0.465 e. The van der Waals surface area contributed by atoms with Crippen molar-refractivity contribution >= 4 is 23.0 Å². The third-order valence-corrected chi connectivity index (χ3v) is 9.00. The zero-order valence-corrected chi connectivity index (χ0v) is 21.9. The Bertz CT molecular complexity index is 1380. The second kappa shape index (κ2) is 10.5. The summed E-state index contributed by atoms with van der Waals surface area (Å²) in [7, 11) is 0. The van der Waals surface area contributed by atoms with Crippen molar-refractivity contribution in [1.82, 2.24) is 0 Å². The zero-order valence-electron chi connectivity index (χ0n) is 21.1. The number of esters is 2. The normalized spacial score (nSPS) is 21.6. The van der Waals surface area contributed by atoms with Crippen LogP contribution in [0.15, 0.2) is 65.6 Å². The first-order chi connectivity index (χ1) is 18.5. The van der Waals surface area contributed by atoms with Gasteiger partial charge in [-0.15, -0.1) is 0 Å². The fraction of sp³-hybridized carbons (Fsp3) is 0.355. The van der Waals surface area contributed by atoms with E-state index in [1.165, 1.54) is 22.3 Å². The molecule has 3 aromatic carbocycles. The van der Waals surface area contributed by atoms with Crippen molar-refractivity contribution in [3.8, 4) is 5.75 Å². The third-order valence-electron chi connectivity index (χ3n) is 8.24. The summed E-state index contributed by atoms with van der Waals surface area (Å²) in [4.78, 5) is 26.2. The first-order valence-corrected chi connectivity index (χ1v) is 14.4. The van der Waals surface area contributed by atoms with Crippen LogP contribution >= 0.6 is 0 Å². The van der Waals surface area contributed by atoms with Gasteiger partial charge in [0.15, 0.2) is 11.1 Å². The number of hydrogen-bond donors (Lipinski definition) is 1. The van der Waals surface area contributed by atoms with Crippen LogP contribution in [0.5, 0.6) is 5.75 Å². The molecule has 2 atom stereocenters. The van der Waals surface area contributed by atoms with E-state index in [-0.39, 0.29) is 36.8 Å². The van der Waals surface area contributed by atoms with Gasteiger partial charge < -0.3 is 14.0 Å². The molecular weight excluding hydrogens is 500 g/mol. The van der Waals surface area contributed by atoms with Crippen LogP contribution < -0.4 is 4.74 Å². The van der Waals surface area contributed by atoms with Crippen LogP contribution in [0.4, 0.5) is 0 Å². The van der Waals surface area contributed by atoms with Gasteiger partial charge in [0, 0.05) is 18.3 Å². The highest BCUT2D eigenvalue weighted by Gasteiger charge is 2.46. The van der Waals surface area contributed by atoms with Gasteiger partial charge in [-0.25, -0.2) is 4.21 Å². The SMILES string of the molecule is O=C(CCCOC(=O)C1CC2c3ccccc3C1c1ccccc12)Oc1ccc(S(=O)O)c2c1CCCC2. The van der Waals surface area contributed by atoms with Crippen LogP contribution in [0.25, 0.3) is 0 Å². The molecule has 0 amide bonds. The number of ether oxygens (including phenoxy) is 2. The van der Waals surface area contributed by atoms with Gasteiger partial charge in [-0.1, -0.05) is 48.5 Å². The minimum absolute atomic E-state index is 0.00716. The second-order valence-corrected chi connectivity index (χ2v) is 11.3. The van der Waals surface area contributed by atoms with Crippen molar-refractivity contribution in [3.05, 3.63) is 94.0 Å². The van der Waals surface area contributed by atoms with Crippen molar-refractivity contribution in [1.29, 1.82) is 0 Å². The molecule has 7 heteroatoms. The Morgan fingerprint density at radius 1 is 0.868 bits per heavy atom. The van der Waals surface area contributed by atoms with Crippen LogP contribution in [0, 0.1) is 5.92 Å². The molecule has 38 heavy (non-hydrogen) atoms. The molecule has 0 aliphatic heterocycles. The maximum absolute atomic E-state index is 13.2. The van der Waals surface area contributed by atoms with Crippen molar-refractivity contribution in [2.24, 2.45) is 5.92 Å². The summed E-state index contributed by atoms with van der Waals surface area (Å²) in [6.07, 6.45) is 4.55. The molecule has 7 rings (SSSR count). The van der Waals surface area contributed by atoms with E-state index in [9.17, 15) is 18.4 Å². The maximum atomic E-state index is 13.2. The van der Waals surface area contributed by atoms with Crippen LogP contribution in [-0.4, -0.2) is 27.3 Å². The fourth-order valence-corrected chi connectivity index (χ4v) is 7.22. The minimum Gasteiger partial charge on any atom is -0.465 e. The smallest absolute Gasteiger partial charge is 0.311 e. The van der Waals surface area contributed by atoms with E-state index in [0.717, 1.165) is 36.8 Å². The Labute approximate surface area is 224 Å². The van der Waals surface area contributed by atoms with Crippen LogP contribution in [0.1, 0.15) is 77.3 Å². The first-order valence-electron chi connectivity index (χ1n) is 13.3. The molecule has 0 aromatic heterocycles. The summed E-state index contributed by atoms with van der Waals surface area (Å²) < 4.78 is 32.6. The molecule has 1 N–H and O–H groups in total. The van der Waals surface area contributed by atoms with Gasteiger partial charge in [-0.3, -0.25) is 9.59 Å². The summed E-state index contributed by atoms with van der Waals surface area (Å²) in [5.74, 6) is -0.191. The number of rotatable bonds is 7. The van der Waals surface area contributed by atoms with Gasteiger partial charge in [0.05, 0.1) is 17.4 Å². The third kappa shape index (κ3) is 4.48. The van der Waals surface area contributed by atoms with Gasteiger partial charge in [0.2, 0.25) is 0 Å². The number of carbonyl (C=O) groups is 2. The summed E-state index contributed by atoms with van der Waals surface area (Å²) >= 11 is -2.07. The van der Waals surface area contributed by atoms with Crippen LogP contribution in [0.3, 0.4) is 0 Å². The molecule has 2 bridgehead atoms. The van der Waals surface area contributed by atoms with Gasteiger partial charge in [-0.05, 0) is 84.0 Å². The lowest BCUT2D eigenvalue weighted by Crippen LogP contribution is -2.37. The van der Waals surface area contributed by atoms with E-state index in [1.807, 2.05) is 12.1 Å². The van der Waals surface area contributed by atoms with E-state index < -0.39 is 17.0 Å². The minimum atomic E-state index is -2.07. The van der Waals surface area contributed by atoms with E-state index >= 15 is 0 Å². The molecule has 0 saturated heterocycles. The topological polar surface area (TPSA) is 89.9 Å². The molecule has 4 aliphatic rings. The van der Waals surface area contributed by atoms with Gasteiger partial charge in [0.1, 0.15) is 5.75 Å². The quantitative estimate of drug-likeness (QED) is 0.183. The van der Waals surface area contributed by atoms with Crippen molar-refractivity contribution in [3.63, 3.8) is 0 Å². The molecule has 0 radical (unpaired) electrons. The number of carbonyl (C=O) groups excluding carboxylic acids is 2. The molecule has 6 nitrogen and oxygen atoms in total. The van der Waals surface area contributed by atoms with E-state index in [4.69, 9.17) is 9.47 Å². The highest BCUT2D eigenvalue weighted by Crippen LogP contribution is 2.55. The van der Waals surface area contributed by atoms with Crippen molar-refractivity contribution in [2.45, 2.75) is 61.7 Å². The molecule has 2 unspecified atom stereocenters. The standard InChI is InChI=1S/C31H30O6S/c32-29(37-27-15-16-28(38(34)35)22-11-4-3-10-21(22)27)14-7-17-36-31(33)26-18-25-19-8-1-5-12-23(19)30(26)24-13-6-2-9-20(24)25/h1-2,5-6,8-9,12-13,15-16,25-26,30H,3-4,7,10-11,14,17-18H2,(H,34,35). The highest BCUT2D eigenvalue weighted by molar-refractivity contribution is 7.79. The Kier molecular flexibility index (Phi) is 6.89. The van der Waals surface area contributed by atoms with E-state index in [0.29, 0.717) is 23.5 Å². The van der Waals surface area contributed by atoms with E-state index in [1.54, 1.807) is 12.1 Å². The summed E-state index contributed by atoms with van der Waals surface area (Å²) in [6, 6.07) is 20.0. The fourth-order valence-electron chi connectivity index (χ4n) is 6.60. The molecule has 0 spiro atoms. The van der Waals surface area contributed by atoms with Crippen molar-refractivity contribution < 1.29 is 27.8 Å². The lowest BCUT2D eigenvalue weighted by atomic mass is 9.59. The van der Waals surface area contributed by atoms with E-state index in [2.05, 4.69) is 36.4 Å². The summed E-state index contributed by atoms with van der Waals surface area (Å²) in [5.41, 5.74) is 6.72. The highest BCUT2D eigenvalue weighted by atomic mass is 32.2. The Balaban J connectivity index is 1.07. The number of hydrogen-bond acceptors (Lipinski definition) is 5. The predicted molar refractivity (Wildman–Crippen MR) is 143 cm³/mol. The average molecular weight is 531 g/mol. The maximum Gasteiger partial charge on any atom is 0.311 e.